The van der Waals surface area contributed by atoms with Gasteiger partial charge in [0.15, 0.2) is 0 Å². The third kappa shape index (κ3) is 9.31. The SMILES string of the molecule is C=CC(=O)OCC.CCC(=CC=Cc1ccccc1)C(=O)O. The largest absolute Gasteiger partial charge is 0.478 e. The van der Waals surface area contributed by atoms with Crippen LogP contribution >= 0.6 is 0 Å². The van der Waals surface area contributed by atoms with Crippen LogP contribution in [-0.2, 0) is 14.3 Å². The van der Waals surface area contributed by atoms with E-state index in [4.69, 9.17) is 5.11 Å². The lowest BCUT2D eigenvalue weighted by atomic mass is 10.1. The summed E-state index contributed by atoms with van der Waals surface area (Å²) in [6.45, 7) is 7.21. The van der Waals surface area contributed by atoms with Crippen molar-refractivity contribution in [3.05, 3.63) is 66.3 Å². The van der Waals surface area contributed by atoms with Gasteiger partial charge in [-0.1, -0.05) is 62.1 Å². The number of carboxylic acids is 1. The molecule has 4 heteroatoms. The summed E-state index contributed by atoms with van der Waals surface area (Å²) in [5, 5.41) is 8.77. The van der Waals surface area contributed by atoms with Gasteiger partial charge in [0.1, 0.15) is 0 Å². The van der Waals surface area contributed by atoms with Gasteiger partial charge in [0.05, 0.1) is 6.61 Å². The van der Waals surface area contributed by atoms with Crippen molar-refractivity contribution in [3.8, 4) is 0 Å². The van der Waals surface area contributed by atoms with Crippen LogP contribution in [0.15, 0.2) is 60.7 Å². The van der Waals surface area contributed by atoms with Crippen LogP contribution in [0.3, 0.4) is 0 Å². The van der Waals surface area contributed by atoms with Gasteiger partial charge in [-0.3, -0.25) is 0 Å². The average molecular weight is 302 g/mol. The summed E-state index contributed by atoms with van der Waals surface area (Å²) < 4.78 is 4.43. The molecule has 0 saturated carbocycles. The Kier molecular flexibility index (Phi) is 10.7. The highest BCUT2D eigenvalue weighted by molar-refractivity contribution is 5.87. The zero-order valence-corrected chi connectivity index (χ0v) is 13.0. The third-order valence-corrected chi connectivity index (χ3v) is 2.49. The minimum Gasteiger partial charge on any atom is -0.478 e. The summed E-state index contributed by atoms with van der Waals surface area (Å²) in [7, 11) is 0. The number of ether oxygens (including phenoxy) is 1. The van der Waals surface area contributed by atoms with Crippen LogP contribution in [0.5, 0.6) is 0 Å². The van der Waals surface area contributed by atoms with Crippen LogP contribution in [0.25, 0.3) is 6.08 Å². The zero-order valence-electron chi connectivity index (χ0n) is 13.0. The molecule has 4 nitrogen and oxygen atoms in total. The molecule has 1 rings (SSSR count). The van der Waals surface area contributed by atoms with E-state index in [-0.39, 0.29) is 5.97 Å². The fourth-order valence-corrected chi connectivity index (χ4v) is 1.38. The van der Waals surface area contributed by atoms with Crippen molar-refractivity contribution in [3.63, 3.8) is 0 Å². The first kappa shape index (κ1) is 19.4. The topological polar surface area (TPSA) is 63.6 Å². The number of esters is 1. The van der Waals surface area contributed by atoms with Crippen LogP contribution < -0.4 is 0 Å². The summed E-state index contributed by atoms with van der Waals surface area (Å²) in [4.78, 5) is 20.7. The van der Waals surface area contributed by atoms with Crippen molar-refractivity contribution < 1.29 is 19.4 Å². The van der Waals surface area contributed by atoms with E-state index >= 15 is 0 Å². The third-order valence-electron chi connectivity index (χ3n) is 2.49. The van der Waals surface area contributed by atoms with Crippen LogP contribution in [0.2, 0.25) is 0 Å². The molecular weight excluding hydrogens is 280 g/mol. The Morgan fingerprint density at radius 3 is 2.27 bits per heavy atom. The zero-order chi connectivity index (χ0) is 16.8. The van der Waals surface area contributed by atoms with Gasteiger partial charge >= 0.3 is 11.9 Å². The second-order valence-corrected chi connectivity index (χ2v) is 4.08. The summed E-state index contributed by atoms with van der Waals surface area (Å²) in [6.07, 6.45) is 6.97. The fourth-order valence-electron chi connectivity index (χ4n) is 1.38. The number of rotatable bonds is 6. The fraction of sp³-hybridized carbons (Fsp3) is 0.222. The number of allylic oxidation sites excluding steroid dienone is 2. The Balaban J connectivity index is 0.000000534. The number of hydrogen-bond donors (Lipinski definition) is 1. The highest BCUT2D eigenvalue weighted by Gasteiger charge is 2.00. The molecule has 22 heavy (non-hydrogen) atoms. The summed E-state index contributed by atoms with van der Waals surface area (Å²) in [6, 6.07) is 9.78. The second kappa shape index (κ2) is 12.1. The molecule has 1 aromatic carbocycles. The molecule has 1 N–H and O–H groups in total. The van der Waals surface area contributed by atoms with E-state index in [1.54, 1.807) is 19.1 Å². The maximum absolute atomic E-state index is 10.7. The number of carbonyl (C=O) groups is 2. The highest BCUT2D eigenvalue weighted by Crippen LogP contribution is 2.04. The van der Waals surface area contributed by atoms with Crippen LogP contribution in [-0.4, -0.2) is 23.7 Å². The Labute approximate surface area is 131 Å². The molecule has 0 aliphatic carbocycles. The minimum atomic E-state index is -0.852. The van der Waals surface area contributed by atoms with Crippen molar-refractivity contribution in [2.75, 3.05) is 6.61 Å². The van der Waals surface area contributed by atoms with Crippen molar-refractivity contribution in [2.45, 2.75) is 20.3 Å². The minimum absolute atomic E-state index is 0.359. The molecule has 0 heterocycles. The molecule has 0 bridgehead atoms. The maximum atomic E-state index is 10.7. The quantitative estimate of drug-likeness (QED) is 0.492. The summed E-state index contributed by atoms with van der Waals surface area (Å²) in [5.41, 5.74) is 1.48. The lowest BCUT2D eigenvalue weighted by Gasteiger charge is -1.94. The Hall–Kier alpha value is -2.62. The lowest BCUT2D eigenvalue weighted by Crippen LogP contribution is -1.97. The van der Waals surface area contributed by atoms with Gasteiger partial charge in [-0.05, 0) is 18.9 Å². The summed E-state index contributed by atoms with van der Waals surface area (Å²) >= 11 is 0. The average Bonchev–Trinajstić information content (AvgIpc) is 2.53. The molecule has 0 spiro atoms. The monoisotopic (exact) mass is 302 g/mol. The predicted molar refractivity (Wildman–Crippen MR) is 88.3 cm³/mol. The Morgan fingerprint density at radius 2 is 1.86 bits per heavy atom. The van der Waals surface area contributed by atoms with E-state index in [0.29, 0.717) is 18.6 Å². The standard InChI is InChI=1S/C13H14O2.C5H8O2/c1-2-12(13(14)15)10-6-9-11-7-4-3-5-8-11;1-3-5(6)7-4-2/h3-10H,2H2,1H3,(H,14,15);3H,1,4H2,2H3. The van der Waals surface area contributed by atoms with Crippen molar-refractivity contribution in [1.82, 2.24) is 0 Å². The smallest absolute Gasteiger partial charge is 0.331 e. The van der Waals surface area contributed by atoms with Crippen LogP contribution in [0.1, 0.15) is 25.8 Å². The molecule has 0 radical (unpaired) electrons. The molecule has 0 aromatic heterocycles. The maximum Gasteiger partial charge on any atom is 0.331 e. The van der Waals surface area contributed by atoms with E-state index in [9.17, 15) is 9.59 Å². The number of benzene rings is 1. The molecule has 0 atom stereocenters. The van der Waals surface area contributed by atoms with Gasteiger partial charge in [0.25, 0.3) is 0 Å². The first-order chi connectivity index (χ1) is 10.5. The number of hydrogen-bond acceptors (Lipinski definition) is 3. The van der Waals surface area contributed by atoms with E-state index in [1.807, 2.05) is 43.3 Å². The molecule has 0 unspecified atom stereocenters. The van der Waals surface area contributed by atoms with Crippen LogP contribution in [0, 0.1) is 0 Å². The van der Waals surface area contributed by atoms with E-state index < -0.39 is 5.97 Å². The van der Waals surface area contributed by atoms with E-state index in [0.717, 1.165) is 11.6 Å². The Morgan fingerprint density at radius 1 is 1.23 bits per heavy atom. The second-order valence-electron chi connectivity index (χ2n) is 4.08. The lowest BCUT2D eigenvalue weighted by molar-refractivity contribution is -0.137. The molecule has 0 saturated heterocycles. The van der Waals surface area contributed by atoms with Gasteiger partial charge in [0.2, 0.25) is 0 Å². The number of carbonyl (C=O) groups excluding carboxylic acids is 1. The van der Waals surface area contributed by atoms with Gasteiger partial charge < -0.3 is 9.84 Å². The first-order valence-electron chi connectivity index (χ1n) is 6.99. The summed E-state index contributed by atoms with van der Waals surface area (Å²) in [5.74, 6) is -1.21. The van der Waals surface area contributed by atoms with Crippen LogP contribution in [0.4, 0.5) is 0 Å². The van der Waals surface area contributed by atoms with E-state index in [2.05, 4.69) is 11.3 Å². The van der Waals surface area contributed by atoms with Crippen molar-refractivity contribution in [1.29, 1.82) is 0 Å². The van der Waals surface area contributed by atoms with Gasteiger partial charge in [-0.2, -0.15) is 0 Å². The van der Waals surface area contributed by atoms with Gasteiger partial charge in [-0.15, -0.1) is 0 Å². The molecule has 1 aromatic rings. The number of aliphatic carboxylic acids is 1. The molecule has 0 amide bonds. The Bertz CT molecular complexity index is 527. The molecule has 118 valence electrons. The predicted octanol–water partition coefficient (Wildman–Crippen LogP) is 3.86. The van der Waals surface area contributed by atoms with E-state index in [1.165, 1.54) is 0 Å². The van der Waals surface area contributed by atoms with Gasteiger partial charge in [0, 0.05) is 11.6 Å². The van der Waals surface area contributed by atoms with Crippen molar-refractivity contribution >= 4 is 18.0 Å². The number of carboxylic acid groups (broad SMARTS) is 1. The molecular formula is C18H22O4. The molecule has 0 fully saturated rings. The highest BCUT2D eigenvalue weighted by atomic mass is 16.5. The first-order valence-corrected chi connectivity index (χ1v) is 6.99. The van der Waals surface area contributed by atoms with Crippen molar-refractivity contribution in [2.24, 2.45) is 0 Å². The normalized spacial score (nSPS) is 10.5. The van der Waals surface area contributed by atoms with Gasteiger partial charge in [-0.25, -0.2) is 9.59 Å². The molecule has 0 aliphatic heterocycles. The molecule has 0 aliphatic rings.